The first-order chi connectivity index (χ1) is 15.8. The number of benzene rings is 1. The largest absolute Gasteiger partial charge is 0.416 e. The average molecular weight is 499 g/mol. The number of ether oxygens (including phenoxy) is 1. The highest BCUT2D eigenvalue weighted by molar-refractivity contribution is 7.22. The zero-order chi connectivity index (χ0) is 23.6. The third kappa shape index (κ3) is 5.55. The van der Waals surface area contributed by atoms with E-state index in [-0.39, 0.29) is 11.9 Å². The summed E-state index contributed by atoms with van der Waals surface area (Å²) in [6.07, 6.45) is -3.36. The standard InChI is InChI=1S/C22H25F3N4O2S2/c1-12-9-14-17(11-27-12)33-21(29-18(30)5-6-26-7-8-31-2)19(14)20-28-15-10-13(22(23,24)25)3-4-16(15)32-20/h3-4,10,12,26-27H,5-9,11H2,1-2H3,(H,29,30). The number of carbonyl (C=O) groups is 1. The number of methoxy groups -OCH3 is 1. The van der Waals surface area contributed by atoms with Crippen LogP contribution in [0.2, 0.25) is 0 Å². The monoisotopic (exact) mass is 498 g/mol. The molecule has 3 aromatic rings. The predicted octanol–water partition coefficient (Wildman–Crippen LogP) is 4.64. The van der Waals surface area contributed by atoms with Gasteiger partial charge in [-0.05, 0) is 37.1 Å². The Bertz CT molecular complexity index is 1140. The Kier molecular flexibility index (Phi) is 7.34. The maximum absolute atomic E-state index is 13.2. The number of thiophene rings is 1. The molecular weight excluding hydrogens is 473 g/mol. The van der Waals surface area contributed by atoms with Crippen molar-refractivity contribution in [2.75, 3.05) is 32.1 Å². The molecule has 0 saturated heterocycles. The highest BCUT2D eigenvalue weighted by Crippen LogP contribution is 2.45. The zero-order valence-electron chi connectivity index (χ0n) is 18.3. The Balaban J connectivity index is 1.64. The van der Waals surface area contributed by atoms with E-state index in [1.165, 1.54) is 28.7 Å². The fourth-order valence-corrected chi connectivity index (χ4v) is 6.02. The molecule has 2 aromatic heterocycles. The molecule has 0 bridgehead atoms. The Morgan fingerprint density at radius 1 is 1.30 bits per heavy atom. The predicted molar refractivity (Wildman–Crippen MR) is 126 cm³/mol. The lowest BCUT2D eigenvalue weighted by atomic mass is 9.99. The van der Waals surface area contributed by atoms with Crippen molar-refractivity contribution < 1.29 is 22.7 Å². The highest BCUT2D eigenvalue weighted by atomic mass is 32.1. The summed E-state index contributed by atoms with van der Waals surface area (Å²) >= 11 is 2.85. The molecule has 4 rings (SSSR count). The average Bonchev–Trinajstić information content (AvgIpc) is 3.32. The van der Waals surface area contributed by atoms with Crippen molar-refractivity contribution in [1.29, 1.82) is 0 Å². The summed E-state index contributed by atoms with van der Waals surface area (Å²) in [7, 11) is 1.62. The number of thiazole rings is 1. The number of aromatic nitrogens is 1. The van der Waals surface area contributed by atoms with Crippen LogP contribution in [0.3, 0.4) is 0 Å². The number of rotatable bonds is 8. The Morgan fingerprint density at radius 3 is 2.88 bits per heavy atom. The molecule has 1 unspecified atom stereocenters. The van der Waals surface area contributed by atoms with Gasteiger partial charge in [-0.2, -0.15) is 13.2 Å². The van der Waals surface area contributed by atoms with Gasteiger partial charge in [0.1, 0.15) is 10.0 Å². The molecule has 3 heterocycles. The van der Waals surface area contributed by atoms with Crippen molar-refractivity contribution in [2.45, 2.75) is 38.5 Å². The summed E-state index contributed by atoms with van der Waals surface area (Å²) in [4.78, 5) is 18.3. The quantitative estimate of drug-likeness (QED) is 0.395. The van der Waals surface area contributed by atoms with Crippen LogP contribution in [0.4, 0.5) is 18.2 Å². The minimum atomic E-state index is -4.42. The summed E-state index contributed by atoms with van der Waals surface area (Å²) in [5.41, 5.74) is 1.53. The summed E-state index contributed by atoms with van der Waals surface area (Å²) in [6.45, 7) is 4.53. The molecule has 1 aromatic carbocycles. The Labute approximate surface area is 197 Å². The summed E-state index contributed by atoms with van der Waals surface area (Å²) in [5.74, 6) is -0.124. The van der Waals surface area contributed by atoms with Crippen LogP contribution < -0.4 is 16.0 Å². The molecule has 33 heavy (non-hydrogen) atoms. The van der Waals surface area contributed by atoms with Crippen molar-refractivity contribution >= 4 is 43.8 Å². The highest BCUT2D eigenvalue weighted by Gasteiger charge is 2.31. The molecule has 1 aliphatic heterocycles. The van der Waals surface area contributed by atoms with Crippen LogP contribution in [-0.2, 0) is 28.7 Å². The third-order valence-electron chi connectivity index (χ3n) is 5.41. The number of hydrogen-bond acceptors (Lipinski definition) is 7. The van der Waals surface area contributed by atoms with Gasteiger partial charge in [0.2, 0.25) is 5.91 Å². The van der Waals surface area contributed by atoms with E-state index in [4.69, 9.17) is 4.74 Å². The fraction of sp³-hybridized carbons (Fsp3) is 0.455. The normalized spacial score (nSPS) is 16.2. The summed E-state index contributed by atoms with van der Waals surface area (Å²) in [6, 6.07) is 3.89. The first-order valence-electron chi connectivity index (χ1n) is 10.6. The lowest BCUT2D eigenvalue weighted by Gasteiger charge is -2.20. The number of anilines is 1. The van der Waals surface area contributed by atoms with E-state index in [1.54, 1.807) is 7.11 Å². The van der Waals surface area contributed by atoms with Gasteiger partial charge in [0.15, 0.2) is 0 Å². The Morgan fingerprint density at radius 2 is 2.12 bits per heavy atom. The zero-order valence-corrected chi connectivity index (χ0v) is 19.9. The minimum absolute atomic E-state index is 0.124. The van der Waals surface area contributed by atoms with E-state index in [0.29, 0.717) is 52.9 Å². The third-order valence-corrected chi connectivity index (χ3v) is 7.61. The van der Waals surface area contributed by atoms with Crippen LogP contribution in [-0.4, -0.2) is 43.7 Å². The first kappa shape index (κ1) is 24.1. The lowest BCUT2D eigenvalue weighted by Crippen LogP contribution is -2.32. The van der Waals surface area contributed by atoms with Gasteiger partial charge in [-0.25, -0.2) is 4.98 Å². The van der Waals surface area contributed by atoms with Crippen LogP contribution in [0.1, 0.15) is 29.3 Å². The smallest absolute Gasteiger partial charge is 0.383 e. The van der Waals surface area contributed by atoms with Crippen LogP contribution >= 0.6 is 22.7 Å². The Hall–Kier alpha value is -2.05. The molecule has 11 heteroatoms. The van der Waals surface area contributed by atoms with Gasteiger partial charge in [-0.3, -0.25) is 4.79 Å². The van der Waals surface area contributed by atoms with E-state index < -0.39 is 11.7 Å². The van der Waals surface area contributed by atoms with E-state index in [9.17, 15) is 18.0 Å². The number of nitrogens with one attached hydrogen (secondary N) is 3. The molecule has 1 amide bonds. The molecule has 0 saturated carbocycles. The van der Waals surface area contributed by atoms with Gasteiger partial charge in [0, 0.05) is 49.6 Å². The summed E-state index contributed by atoms with van der Waals surface area (Å²) in [5, 5.41) is 10.9. The van der Waals surface area contributed by atoms with Crippen LogP contribution in [0, 0.1) is 0 Å². The van der Waals surface area contributed by atoms with Crippen molar-refractivity contribution in [3.8, 4) is 10.6 Å². The van der Waals surface area contributed by atoms with Gasteiger partial charge in [0.05, 0.1) is 22.4 Å². The number of alkyl halides is 3. The second-order valence-electron chi connectivity index (χ2n) is 7.93. The molecule has 1 aliphatic rings. The molecule has 0 aliphatic carbocycles. The minimum Gasteiger partial charge on any atom is -0.383 e. The molecule has 0 spiro atoms. The molecule has 1 atom stereocenters. The molecular formula is C22H25F3N4O2S2. The molecule has 3 N–H and O–H groups in total. The van der Waals surface area contributed by atoms with Gasteiger partial charge in [-0.15, -0.1) is 22.7 Å². The van der Waals surface area contributed by atoms with E-state index in [2.05, 4.69) is 27.9 Å². The van der Waals surface area contributed by atoms with Crippen molar-refractivity contribution in [1.82, 2.24) is 15.6 Å². The molecule has 6 nitrogen and oxygen atoms in total. The number of carbonyl (C=O) groups excluding carboxylic acids is 1. The van der Waals surface area contributed by atoms with Crippen LogP contribution in [0.5, 0.6) is 0 Å². The van der Waals surface area contributed by atoms with Crippen molar-refractivity contribution in [2.24, 2.45) is 0 Å². The number of amides is 1. The second kappa shape index (κ2) is 10.1. The van der Waals surface area contributed by atoms with E-state index in [0.717, 1.165) is 34.6 Å². The van der Waals surface area contributed by atoms with Crippen molar-refractivity contribution in [3.05, 3.63) is 34.2 Å². The molecule has 0 radical (unpaired) electrons. The lowest BCUT2D eigenvalue weighted by molar-refractivity contribution is -0.137. The number of fused-ring (bicyclic) bond motifs is 2. The van der Waals surface area contributed by atoms with Gasteiger partial charge in [-0.1, -0.05) is 0 Å². The van der Waals surface area contributed by atoms with Crippen molar-refractivity contribution in [3.63, 3.8) is 0 Å². The van der Waals surface area contributed by atoms with Gasteiger partial charge >= 0.3 is 6.18 Å². The van der Waals surface area contributed by atoms with Crippen LogP contribution in [0.15, 0.2) is 18.2 Å². The fourth-order valence-electron chi connectivity index (χ4n) is 3.73. The maximum Gasteiger partial charge on any atom is 0.416 e. The maximum atomic E-state index is 13.2. The van der Waals surface area contributed by atoms with E-state index in [1.807, 2.05) is 0 Å². The summed E-state index contributed by atoms with van der Waals surface area (Å²) < 4.78 is 45.1. The number of nitrogens with zero attached hydrogens (tertiary/aromatic N) is 1. The van der Waals surface area contributed by atoms with Crippen LogP contribution in [0.25, 0.3) is 20.8 Å². The number of halogens is 3. The first-order valence-corrected chi connectivity index (χ1v) is 12.2. The van der Waals surface area contributed by atoms with Gasteiger partial charge < -0.3 is 20.7 Å². The topological polar surface area (TPSA) is 75.3 Å². The SMILES string of the molecule is COCCNCCC(=O)Nc1sc2c(c1-c1nc3cc(C(F)(F)F)ccc3s1)CC(C)NC2. The molecule has 178 valence electrons. The molecule has 0 fully saturated rings. The number of hydrogen-bond donors (Lipinski definition) is 3. The second-order valence-corrected chi connectivity index (χ2v) is 10.1. The van der Waals surface area contributed by atoms with Gasteiger partial charge in [0.25, 0.3) is 0 Å². The van der Waals surface area contributed by atoms with E-state index >= 15 is 0 Å².